The molecule has 0 saturated heterocycles. The minimum absolute atomic E-state index is 0.182. The van der Waals surface area contributed by atoms with Crippen LogP contribution >= 0.6 is 23.5 Å². The number of aliphatic imine (C=N–C) groups is 1. The second-order valence-electron chi connectivity index (χ2n) is 15.8. The molecular weight excluding hydrogens is 765 g/mol. The number of carbonyl (C=O) groups is 3. The summed E-state index contributed by atoms with van der Waals surface area (Å²) in [6.45, 7) is 13.1. The Bertz CT molecular complexity index is 1940. The second kappa shape index (κ2) is 20.2. The van der Waals surface area contributed by atoms with E-state index in [1.54, 1.807) is 33.8 Å². The standard InChI is InChI=1S/C47H56N4O5S2/c1-8-38(28-18-19-30-58-47(34-21-12-9-13-22-34,35-23-14-10-15-24-35)36-25-16-11-17-26-36)55-42(52)40(33(2)3)50-43(53)46(7)32-57-41(51-46)39-29-20-27-37(49-39)31-48-44(54)56-45(4,5)6/h9-18,20-29,33,38,40H,8,19,30-32H2,1-7H3,(H,48,54)(H,50,53)/b28-18+/t38-,40-,46-/m0/s1. The van der Waals surface area contributed by atoms with Gasteiger partial charge in [0.25, 0.3) is 0 Å². The lowest BCUT2D eigenvalue weighted by Gasteiger charge is -2.35. The quantitative estimate of drug-likeness (QED) is 0.0468. The number of hydrogen-bond donors (Lipinski definition) is 2. The highest BCUT2D eigenvalue weighted by Crippen LogP contribution is 2.48. The first-order valence-electron chi connectivity index (χ1n) is 19.9. The highest BCUT2D eigenvalue weighted by molar-refractivity contribution is 8.14. The van der Waals surface area contributed by atoms with Gasteiger partial charge in [0.05, 0.1) is 22.7 Å². The smallest absolute Gasteiger partial charge is 0.407 e. The number of ether oxygens (including phenoxy) is 2. The number of carbonyl (C=O) groups excluding carboxylic acids is 3. The Morgan fingerprint density at radius 2 is 1.47 bits per heavy atom. The predicted molar refractivity (Wildman–Crippen MR) is 237 cm³/mol. The third-order valence-electron chi connectivity index (χ3n) is 9.54. The van der Waals surface area contributed by atoms with Crippen molar-refractivity contribution in [1.82, 2.24) is 15.6 Å². The van der Waals surface area contributed by atoms with Gasteiger partial charge in [0.2, 0.25) is 5.91 Å². The van der Waals surface area contributed by atoms with Crippen LogP contribution in [0.4, 0.5) is 4.79 Å². The summed E-state index contributed by atoms with van der Waals surface area (Å²) in [5.74, 6) is 0.164. The second-order valence-corrected chi connectivity index (χ2v) is 18.0. The Morgan fingerprint density at radius 3 is 2.00 bits per heavy atom. The summed E-state index contributed by atoms with van der Waals surface area (Å²) in [5, 5.41) is 6.30. The first-order chi connectivity index (χ1) is 27.7. The molecule has 3 aromatic carbocycles. The maximum absolute atomic E-state index is 13.8. The molecule has 4 aromatic rings. The Hall–Kier alpha value is -4.87. The summed E-state index contributed by atoms with van der Waals surface area (Å²) in [6.07, 6.45) is 4.44. The summed E-state index contributed by atoms with van der Waals surface area (Å²) >= 11 is 3.32. The molecule has 0 aliphatic carbocycles. The van der Waals surface area contributed by atoms with Gasteiger partial charge in [-0.1, -0.05) is 124 Å². The number of thioether (sulfide) groups is 2. The van der Waals surface area contributed by atoms with Crippen molar-refractivity contribution in [2.75, 3.05) is 11.5 Å². The fourth-order valence-electron chi connectivity index (χ4n) is 6.49. The number of allylic oxidation sites excluding steroid dienone is 1. The van der Waals surface area contributed by atoms with E-state index in [4.69, 9.17) is 14.5 Å². The van der Waals surface area contributed by atoms with Crippen molar-refractivity contribution in [1.29, 1.82) is 0 Å². The highest BCUT2D eigenvalue weighted by atomic mass is 32.2. The topological polar surface area (TPSA) is 119 Å². The highest BCUT2D eigenvalue weighted by Gasteiger charge is 2.42. The van der Waals surface area contributed by atoms with Gasteiger partial charge in [-0.3, -0.25) is 9.79 Å². The molecule has 5 rings (SSSR count). The van der Waals surface area contributed by atoms with Crippen molar-refractivity contribution >= 4 is 46.5 Å². The van der Waals surface area contributed by atoms with Crippen LogP contribution < -0.4 is 10.6 Å². The molecule has 1 aliphatic heterocycles. The number of rotatable bonds is 17. The Labute approximate surface area is 352 Å². The zero-order valence-electron chi connectivity index (χ0n) is 34.6. The van der Waals surface area contributed by atoms with E-state index in [0.717, 1.165) is 12.2 Å². The lowest BCUT2D eigenvalue weighted by atomic mass is 9.84. The number of pyridine rings is 1. The van der Waals surface area contributed by atoms with E-state index in [1.807, 2.05) is 68.9 Å². The molecule has 0 unspecified atom stereocenters. The van der Waals surface area contributed by atoms with E-state index in [2.05, 4.69) is 94.5 Å². The minimum atomic E-state index is -1.12. The third kappa shape index (κ3) is 11.6. The number of amides is 2. The first-order valence-corrected chi connectivity index (χ1v) is 21.9. The fraction of sp³-hybridized carbons (Fsp3) is 0.383. The van der Waals surface area contributed by atoms with Gasteiger partial charge in [0, 0.05) is 5.75 Å². The third-order valence-corrected chi connectivity index (χ3v) is 12.4. The van der Waals surface area contributed by atoms with Gasteiger partial charge in [-0.15, -0.1) is 23.5 Å². The molecule has 0 fully saturated rings. The number of hydrogen-bond acceptors (Lipinski definition) is 9. The number of aromatic nitrogens is 1. The molecule has 3 atom stereocenters. The van der Waals surface area contributed by atoms with Gasteiger partial charge in [0.1, 0.15) is 28.3 Å². The van der Waals surface area contributed by atoms with Crippen LogP contribution in [0.5, 0.6) is 0 Å². The van der Waals surface area contributed by atoms with Crippen molar-refractivity contribution in [2.45, 2.75) is 95.9 Å². The lowest BCUT2D eigenvalue weighted by Crippen LogP contribution is -2.53. The van der Waals surface area contributed by atoms with Crippen LogP contribution in [0.2, 0.25) is 0 Å². The lowest BCUT2D eigenvalue weighted by molar-refractivity contribution is -0.152. The van der Waals surface area contributed by atoms with Gasteiger partial charge in [0.15, 0.2) is 0 Å². The van der Waals surface area contributed by atoms with Crippen molar-refractivity contribution in [3.8, 4) is 0 Å². The van der Waals surface area contributed by atoms with Crippen molar-refractivity contribution in [3.63, 3.8) is 0 Å². The number of benzene rings is 3. The molecular formula is C47H56N4O5S2. The van der Waals surface area contributed by atoms with Crippen LogP contribution in [0.15, 0.2) is 126 Å². The molecule has 0 spiro atoms. The molecule has 2 heterocycles. The average Bonchev–Trinajstić information content (AvgIpc) is 3.63. The molecule has 1 aromatic heterocycles. The zero-order valence-corrected chi connectivity index (χ0v) is 36.2. The molecule has 0 bridgehead atoms. The number of nitrogens with zero attached hydrogens (tertiary/aromatic N) is 2. The summed E-state index contributed by atoms with van der Waals surface area (Å²) in [5.41, 5.74) is 3.15. The monoisotopic (exact) mass is 820 g/mol. The fourth-order valence-corrected chi connectivity index (χ4v) is 9.10. The van der Waals surface area contributed by atoms with Crippen molar-refractivity contribution < 1.29 is 23.9 Å². The molecule has 2 N–H and O–H groups in total. The molecule has 11 heteroatoms. The van der Waals surface area contributed by atoms with Gasteiger partial charge in [-0.2, -0.15) is 0 Å². The Kier molecular flexibility index (Phi) is 15.4. The van der Waals surface area contributed by atoms with E-state index >= 15 is 0 Å². The molecule has 0 radical (unpaired) electrons. The maximum atomic E-state index is 13.8. The van der Waals surface area contributed by atoms with E-state index in [1.165, 1.54) is 28.5 Å². The normalized spacial score (nSPS) is 16.7. The first kappa shape index (κ1) is 44.2. The Morgan fingerprint density at radius 1 is 0.879 bits per heavy atom. The maximum Gasteiger partial charge on any atom is 0.407 e. The van der Waals surface area contributed by atoms with Gasteiger partial charge in [-0.25, -0.2) is 14.6 Å². The van der Waals surface area contributed by atoms with E-state index in [0.29, 0.717) is 28.6 Å². The van der Waals surface area contributed by atoms with Gasteiger partial charge < -0.3 is 20.1 Å². The van der Waals surface area contributed by atoms with Crippen LogP contribution in [-0.4, -0.2) is 62.8 Å². The van der Waals surface area contributed by atoms with Gasteiger partial charge >= 0.3 is 12.1 Å². The summed E-state index contributed by atoms with van der Waals surface area (Å²) in [7, 11) is 0. The molecule has 58 heavy (non-hydrogen) atoms. The van der Waals surface area contributed by atoms with Gasteiger partial charge in [-0.05, 0) is 87.1 Å². The van der Waals surface area contributed by atoms with Crippen LogP contribution in [0.1, 0.15) is 89.4 Å². The average molecular weight is 821 g/mol. The summed E-state index contributed by atoms with van der Waals surface area (Å²) in [6, 6.07) is 36.5. The van der Waals surface area contributed by atoms with Crippen LogP contribution in [0, 0.1) is 5.92 Å². The van der Waals surface area contributed by atoms with E-state index in [-0.39, 0.29) is 18.4 Å². The molecule has 306 valence electrons. The Balaban J connectivity index is 1.20. The van der Waals surface area contributed by atoms with Crippen molar-refractivity contribution in [3.05, 3.63) is 149 Å². The largest absolute Gasteiger partial charge is 0.457 e. The molecule has 2 amide bonds. The predicted octanol–water partition coefficient (Wildman–Crippen LogP) is 9.49. The number of nitrogens with one attached hydrogen (secondary N) is 2. The number of alkyl carbamates (subject to hydrolysis) is 1. The zero-order chi connectivity index (χ0) is 41.8. The van der Waals surface area contributed by atoms with Crippen LogP contribution in [-0.2, 0) is 30.4 Å². The minimum Gasteiger partial charge on any atom is -0.457 e. The summed E-state index contributed by atoms with van der Waals surface area (Å²) < 4.78 is 10.9. The van der Waals surface area contributed by atoms with E-state index in [9.17, 15) is 14.4 Å². The molecule has 0 saturated carbocycles. The van der Waals surface area contributed by atoms with Crippen LogP contribution in [0.25, 0.3) is 0 Å². The van der Waals surface area contributed by atoms with E-state index < -0.39 is 40.1 Å². The SMILES string of the molecule is CC[C@@H](/C=C/CCSC(c1ccccc1)(c1ccccc1)c1ccccc1)OC(=O)[C@@H](NC(=O)[C@]1(C)CSC(c2cccc(CNC(=O)OC(C)(C)C)n2)=N1)C(C)C. The molecule has 1 aliphatic rings. The van der Waals surface area contributed by atoms with Crippen molar-refractivity contribution in [2.24, 2.45) is 10.9 Å². The number of esters is 1. The van der Waals surface area contributed by atoms with Crippen LogP contribution in [0.3, 0.4) is 0 Å². The molecule has 9 nitrogen and oxygen atoms in total. The summed E-state index contributed by atoms with van der Waals surface area (Å²) in [4.78, 5) is 49.0.